The highest BCUT2D eigenvalue weighted by atomic mass is 79.9. The first-order valence-electron chi connectivity index (χ1n) is 6.58. The van der Waals surface area contributed by atoms with E-state index in [1.54, 1.807) is 17.0 Å². The molecule has 0 amide bonds. The number of aromatic nitrogens is 2. The van der Waals surface area contributed by atoms with Crippen molar-refractivity contribution in [3.8, 4) is 0 Å². The molecule has 1 N–H and O–H groups in total. The lowest BCUT2D eigenvalue weighted by molar-refractivity contribution is 0.574. The molecule has 20 heavy (non-hydrogen) atoms. The van der Waals surface area contributed by atoms with Crippen LogP contribution < -0.4 is 10.9 Å². The Kier molecular flexibility index (Phi) is 4.60. The average molecular weight is 336 g/mol. The van der Waals surface area contributed by atoms with Crippen molar-refractivity contribution < 1.29 is 0 Å². The predicted octanol–water partition coefficient (Wildman–Crippen LogP) is 3.76. The highest BCUT2D eigenvalue weighted by Crippen LogP contribution is 2.20. The van der Waals surface area contributed by atoms with Gasteiger partial charge >= 0.3 is 0 Å². The summed E-state index contributed by atoms with van der Waals surface area (Å²) >= 11 is 3.45. The predicted molar refractivity (Wildman–Crippen MR) is 85.1 cm³/mol. The minimum absolute atomic E-state index is 0.00992. The standard InChI is InChI=1S/C15H18BrN3O/c1-10(2)19-8-7-17-14(15(19)20)18-11(3)12-5-4-6-13(16)9-12/h4-11H,1-3H3,(H,17,18). The maximum Gasteiger partial charge on any atom is 0.293 e. The Hall–Kier alpha value is -1.62. The third-order valence-corrected chi connectivity index (χ3v) is 3.62. The van der Waals surface area contributed by atoms with Crippen LogP contribution in [0.25, 0.3) is 0 Å². The van der Waals surface area contributed by atoms with Crippen LogP contribution in [0, 0.1) is 0 Å². The smallest absolute Gasteiger partial charge is 0.293 e. The molecule has 1 unspecified atom stereocenters. The normalized spacial score (nSPS) is 12.4. The number of hydrogen-bond acceptors (Lipinski definition) is 3. The molecular formula is C15H18BrN3O. The number of benzene rings is 1. The molecule has 5 heteroatoms. The lowest BCUT2D eigenvalue weighted by atomic mass is 10.1. The number of anilines is 1. The highest BCUT2D eigenvalue weighted by Gasteiger charge is 2.11. The molecule has 1 aromatic carbocycles. The van der Waals surface area contributed by atoms with Crippen LogP contribution in [0.4, 0.5) is 5.82 Å². The van der Waals surface area contributed by atoms with Crippen LogP contribution in [0.2, 0.25) is 0 Å². The van der Waals surface area contributed by atoms with Crippen molar-refractivity contribution in [1.82, 2.24) is 9.55 Å². The number of hydrogen-bond donors (Lipinski definition) is 1. The molecule has 2 rings (SSSR count). The van der Waals surface area contributed by atoms with Gasteiger partial charge in [-0.25, -0.2) is 4.98 Å². The number of rotatable bonds is 4. The van der Waals surface area contributed by atoms with Crippen molar-refractivity contribution in [1.29, 1.82) is 0 Å². The van der Waals surface area contributed by atoms with E-state index in [2.05, 4.69) is 26.2 Å². The summed E-state index contributed by atoms with van der Waals surface area (Å²) in [7, 11) is 0. The largest absolute Gasteiger partial charge is 0.359 e. The van der Waals surface area contributed by atoms with Crippen LogP contribution >= 0.6 is 15.9 Å². The van der Waals surface area contributed by atoms with E-state index in [1.807, 2.05) is 45.0 Å². The molecule has 1 aromatic heterocycles. The van der Waals surface area contributed by atoms with Gasteiger partial charge in [0, 0.05) is 22.9 Å². The fourth-order valence-electron chi connectivity index (χ4n) is 1.99. The van der Waals surface area contributed by atoms with E-state index in [0.717, 1.165) is 10.0 Å². The Morgan fingerprint density at radius 3 is 2.70 bits per heavy atom. The van der Waals surface area contributed by atoms with Crippen molar-refractivity contribution in [2.45, 2.75) is 32.9 Å². The minimum atomic E-state index is -0.0932. The summed E-state index contributed by atoms with van der Waals surface area (Å²) in [5, 5.41) is 3.18. The zero-order valence-corrected chi connectivity index (χ0v) is 13.4. The molecular weight excluding hydrogens is 318 g/mol. The van der Waals surface area contributed by atoms with Gasteiger partial charge in [-0.3, -0.25) is 4.79 Å². The zero-order valence-electron chi connectivity index (χ0n) is 11.8. The molecule has 0 saturated carbocycles. The molecule has 0 aliphatic heterocycles. The Labute approximate surface area is 127 Å². The molecule has 106 valence electrons. The third-order valence-electron chi connectivity index (χ3n) is 3.13. The van der Waals surface area contributed by atoms with E-state index < -0.39 is 0 Å². The quantitative estimate of drug-likeness (QED) is 0.925. The number of nitrogens with zero attached hydrogens (tertiary/aromatic N) is 2. The zero-order chi connectivity index (χ0) is 14.7. The highest BCUT2D eigenvalue weighted by molar-refractivity contribution is 9.10. The molecule has 0 saturated heterocycles. The molecule has 0 radical (unpaired) electrons. The van der Waals surface area contributed by atoms with Crippen LogP contribution in [0.3, 0.4) is 0 Å². The second-order valence-corrected chi connectivity index (χ2v) is 5.92. The van der Waals surface area contributed by atoms with Gasteiger partial charge in [-0.2, -0.15) is 0 Å². The molecule has 1 heterocycles. The van der Waals surface area contributed by atoms with Gasteiger partial charge in [0.05, 0.1) is 6.04 Å². The molecule has 2 aromatic rings. The second kappa shape index (κ2) is 6.22. The Balaban J connectivity index is 2.26. The average Bonchev–Trinajstić information content (AvgIpc) is 2.40. The van der Waals surface area contributed by atoms with E-state index >= 15 is 0 Å². The minimum Gasteiger partial charge on any atom is -0.359 e. The van der Waals surface area contributed by atoms with Gasteiger partial charge in [-0.15, -0.1) is 0 Å². The lowest BCUT2D eigenvalue weighted by Gasteiger charge is -2.16. The molecule has 0 fully saturated rings. The molecule has 0 aliphatic rings. The van der Waals surface area contributed by atoms with Gasteiger partial charge in [0.2, 0.25) is 0 Å². The first-order valence-corrected chi connectivity index (χ1v) is 7.37. The maximum atomic E-state index is 12.3. The second-order valence-electron chi connectivity index (χ2n) is 5.00. The summed E-state index contributed by atoms with van der Waals surface area (Å²) in [6.45, 7) is 5.96. The van der Waals surface area contributed by atoms with E-state index in [0.29, 0.717) is 5.82 Å². The van der Waals surface area contributed by atoms with Crippen LogP contribution in [-0.2, 0) is 0 Å². The van der Waals surface area contributed by atoms with Crippen molar-refractivity contribution >= 4 is 21.7 Å². The van der Waals surface area contributed by atoms with E-state index in [9.17, 15) is 4.79 Å². The number of nitrogens with one attached hydrogen (secondary N) is 1. The fourth-order valence-corrected chi connectivity index (χ4v) is 2.41. The Morgan fingerprint density at radius 1 is 1.30 bits per heavy atom. The first kappa shape index (κ1) is 14.8. The van der Waals surface area contributed by atoms with E-state index in [-0.39, 0.29) is 17.6 Å². The number of halogens is 1. The van der Waals surface area contributed by atoms with Gasteiger partial charge in [0.15, 0.2) is 5.82 Å². The van der Waals surface area contributed by atoms with Crippen molar-refractivity contribution in [2.75, 3.05) is 5.32 Å². The van der Waals surface area contributed by atoms with Gasteiger partial charge < -0.3 is 9.88 Å². The summed E-state index contributed by atoms with van der Waals surface area (Å²) in [6, 6.07) is 8.13. The molecule has 0 spiro atoms. The van der Waals surface area contributed by atoms with Crippen LogP contribution in [0.1, 0.15) is 38.4 Å². The first-order chi connectivity index (χ1) is 9.49. The Bertz CT molecular complexity index is 652. The van der Waals surface area contributed by atoms with Crippen LogP contribution in [0.5, 0.6) is 0 Å². The topological polar surface area (TPSA) is 46.9 Å². The summed E-state index contributed by atoms with van der Waals surface area (Å²) in [5.74, 6) is 0.383. The third kappa shape index (κ3) is 3.28. The van der Waals surface area contributed by atoms with E-state index in [4.69, 9.17) is 0 Å². The summed E-state index contributed by atoms with van der Waals surface area (Å²) in [4.78, 5) is 16.4. The molecule has 0 aliphatic carbocycles. The summed E-state index contributed by atoms with van der Waals surface area (Å²) in [5.41, 5.74) is 1.00. The maximum absolute atomic E-state index is 12.3. The monoisotopic (exact) mass is 335 g/mol. The van der Waals surface area contributed by atoms with Gasteiger partial charge in [0.25, 0.3) is 5.56 Å². The fraction of sp³-hybridized carbons (Fsp3) is 0.333. The summed E-state index contributed by atoms with van der Waals surface area (Å²) in [6.07, 6.45) is 3.36. The molecule has 0 bridgehead atoms. The molecule has 4 nitrogen and oxygen atoms in total. The van der Waals surface area contributed by atoms with Crippen molar-refractivity contribution in [2.24, 2.45) is 0 Å². The van der Waals surface area contributed by atoms with Gasteiger partial charge in [0.1, 0.15) is 0 Å². The van der Waals surface area contributed by atoms with Crippen LogP contribution in [-0.4, -0.2) is 9.55 Å². The molecule has 1 atom stereocenters. The Morgan fingerprint density at radius 2 is 2.05 bits per heavy atom. The SMILES string of the molecule is CC(Nc1nccn(C(C)C)c1=O)c1cccc(Br)c1. The van der Waals surface area contributed by atoms with E-state index in [1.165, 1.54) is 0 Å². The van der Waals surface area contributed by atoms with Gasteiger partial charge in [-0.1, -0.05) is 28.1 Å². The lowest BCUT2D eigenvalue weighted by Crippen LogP contribution is -2.26. The van der Waals surface area contributed by atoms with Gasteiger partial charge in [-0.05, 0) is 38.5 Å². The van der Waals surface area contributed by atoms with Crippen molar-refractivity contribution in [3.63, 3.8) is 0 Å². The summed E-state index contributed by atoms with van der Waals surface area (Å²) < 4.78 is 2.69. The van der Waals surface area contributed by atoms with Crippen molar-refractivity contribution in [3.05, 3.63) is 57.0 Å². The van der Waals surface area contributed by atoms with Crippen LogP contribution in [0.15, 0.2) is 45.9 Å².